The molecule has 1 heterocycles. The number of carbonyl (C=O) groups is 1. The van der Waals surface area contributed by atoms with E-state index in [0.717, 1.165) is 10.0 Å². The second-order valence-corrected chi connectivity index (χ2v) is 6.54. The van der Waals surface area contributed by atoms with Crippen molar-refractivity contribution in [3.63, 3.8) is 0 Å². The van der Waals surface area contributed by atoms with Crippen molar-refractivity contribution >= 4 is 33.6 Å². The summed E-state index contributed by atoms with van der Waals surface area (Å²) in [5.41, 5.74) is 1.07. The number of benzene rings is 1. The van der Waals surface area contributed by atoms with Crippen molar-refractivity contribution in [3.8, 4) is 0 Å². The van der Waals surface area contributed by atoms with Gasteiger partial charge in [-0.25, -0.2) is 0 Å². The first-order chi connectivity index (χ1) is 10.6. The highest BCUT2D eigenvalue weighted by Crippen LogP contribution is 2.18. The fourth-order valence-corrected chi connectivity index (χ4v) is 2.87. The summed E-state index contributed by atoms with van der Waals surface area (Å²) in [6.07, 6.45) is 3.40. The average Bonchev–Trinajstić information content (AvgIpc) is 2.93. The predicted molar refractivity (Wildman–Crippen MR) is 91.6 cm³/mol. The van der Waals surface area contributed by atoms with Gasteiger partial charge < -0.3 is 9.88 Å². The normalized spacial score (nSPS) is 11.9. The minimum atomic E-state index is -0.0350. The summed E-state index contributed by atoms with van der Waals surface area (Å²) in [6, 6.07) is 7.87. The fourth-order valence-electron chi connectivity index (χ4n) is 1.87. The van der Waals surface area contributed by atoms with Crippen LogP contribution in [0.1, 0.15) is 18.5 Å². The molecule has 1 aromatic heterocycles. The van der Waals surface area contributed by atoms with Crippen LogP contribution in [0.4, 0.5) is 0 Å². The lowest BCUT2D eigenvalue weighted by Crippen LogP contribution is -2.28. The zero-order chi connectivity index (χ0) is 15.9. The van der Waals surface area contributed by atoms with Gasteiger partial charge in [-0.2, -0.15) is 0 Å². The minimum Gasteiger partial charge on any atom is -0.349 e. The number of amides is 1. The van der Waals surface area contributed by atoms with Crippen LogP contribution in [-0.4, -0.2) is 26.4 Å². The predicted octanol–water partition coefficient (Wildman–Crippen LogP) is 3.20. The van der Waals surface area contributed by atoms with Gasteiger partial charge in [-0.3, -0.25) is 4.79 Å². The first-order valence-corrected chi connectivity index (χ1v) is 8.54. The summed E-state index contributed by atoms with van der Waals surface area (Å²) in [7, 11) is 0. The third-order valence-corrected chi connectivity index (χ3v) is 4.50. The van der Waals surface area contributed by atoms with Crippen LogP contribution < -0.4 is 5.32 Å². The summed E-state index contributed by atoms with van der Waals surface area (Å²) in [6.45, 7) is 6.28. The summed E-state index contributed by atoms with van der Waals surface area (Å²) >= 11 is 4.76. The lowest BCUT2D eigenvalue weighted by atomic mass is 10.1. The Morgan fingerprint density at radius 1 is 1.50 bits per heavy atom. The number of nitrogens with zero attached hydrogens (tertiary/aromatic N) is 3. The number of hydrogen-bond donors (Lipinski definition) is 1. The molecule has 0 saturated carbocycles. The molecule has 22 heavy (non-hydrogen) atoms. The Morgan fingerprint density at radius 2 is 2.23 bits per heavy atom. The fraction of sp³-hybridized carbons (Fsp3) is 0.267. The maximum Gasteiger partial charge on any atom is 0.230 e. The molecule has 116 valence electrons. The van der Waals surface area contributed by atoms with E-state index in [1.165, 1.54) is 11.8 Å². The number of allylic oxidation sites excluding steroid dienone is 1. The number of hydrogen-bond acceptors (Lipinski definition) is 4. The van der Waals surface area contributed by atoms with Gasteiger partial charge >= 0.3 is 0 Å². The maximum absolute atomic E-state index is 12.0. The van der Waals surface area contributed by atoms with Gasteiger partial charge in [0.05, 0.1) is 11.8 Å². The first-order valence-electron chi connectivity index (χ1n) is 6.76. The van der Waals surface area contributed by atoms with Gasteiger partial charge in [0.2, 0.25) is 5.91 Å². The molecule has 0 saturated heterocycles. The molecule has 2 aromatic rings. The summed E-state index contributed by atoms with van der Waals surface area (Å²) in [5, 5.41) is 11.5. The molecule has 2 rings (SSSR count). The molecule has 0 spiro atoms. The van der Waals surface area contributed by atoms with Crippen LogP contribution >= 0.6 is 27.7 Å². The number of aromatic nitrogens is 3. The molecule has 0 aliphatic carbocycles. The molecule has 1 aromatic carbocycles. The molecule has 1 atom stereocenters. The third-order valence-electron chi connectivity index (χ3n) is 2.99. The van der Waals surface area contributed by atoms with Crippen LogP contribution in [0, 0.1) is 0 Å². The highest BCUT2D eigenvalue weighted by molar-refractivity contribution is 9.10. The van der Waals surface area contributed by atoms with Crippen molar-refractivity contribution in [2.24, 2.45) is 0 Å². The van der Waals surface area contributed by atoms with E-state index in [1.54, 1.807) is 12.4 Å². The van der Waals surface area contributed by atoms with Crippen molar-refractivity contribution in [1.82, 2.24) is 20.1 Å². The summed E-state index contributed by atoms with van der Waals surface area (Å²) in [4.78, 5) is 12.0. The van der Waals surface area contributed by atoms with Gasteiger partial charge in [0.1, 0.15) is 6.33 Å². The van der Waals surface area contributed by atoms with Gasteiger partial charge in [-0.1, -0.05) is 45.9 Å². The molecule has 0 aliphatic rings. The highest BCUT2D eigenvalue weighted by Gasteiger charge is 2.12. The third kappa shape index (κ3) is 4.71. The molecule has 0 fully saturated rings. The summed E-state index contributed by atoms with van der Waals surface area (Å²) < 4.78 is 2.87. The Hall–Kier alpha value is -1.60. The Balaban J connectivity index is 1.86. The topological polar surface area (TPSA) is 59.8 Å². The smallest absolute Gasteiger partial charge is 0.230 e. The second kappa shape index (κ2) is 8.14. The van der Waals surface area contributed by atoms with Crippen molar-refractivity contribution < 1.29 is 4.79 Å². The number of halogens is 1. The SMILES string of the molecule is C=CCn1cnnc1SCC(=O)N[C@H](C)c1ccc(Br)cc1. The number of carbonyl (C=O) groups excluding carboxylic acids is 1. The molecular formula is C15H17BrN4OS. The summed E-state index contributed by atoms with van der Waals surface area (Å²) in [5.74, 6) is 0.269. The number of thioether (sulfide) groups is 1. The van der Waals surface area contributed by atoms with E-state index in [0.29, 0.717) is 17.5 Å². The monoisotopic (exact) mass is 380 g/mol. The lowest BCUT2D eigenvalue weighted by Gasteiger charge is -2.14. The molecule has 1 N–H and O–H groups in total. The van der Waals surface area contributed by atoms with Crippen molar-refractivity contribution in [1.29, 1.82) is 0 Å². The van der Waals surface area contributed by atoms with Crippen LogP contribution in [-0.2, 0) is 11.3 Å². The zero-order valence-corrected chi connectivity index (χ0v) is 14.6. The van der Waals surface area contributed by atoms with E-state index >= 15 is 0 Å². The van der Waals surface area contributed by atoms with E-state index < -0.39 is 0 Å². The zero-order valence-electron chi connectivity index (χ0n) is 12.2. The Labute approximate surface area is 142 Å². The largest absolute Gasteiger partial charge is 0.349 e. The first kappa shape index (κ1) is 16.8. The van der Waals surface area contributed by atoms with E-state index in [1.807, 2.05) is 35.8 Å². The van der Waals surface area contributed by atoms with E-state index in [4.69, 9.17) is 0 Å². The van der Waals surface area contributed by atoms with Crippen LogP contribution in [0.15, 0.2) is 52.9 Å². The van der Waals surface area contributed by atoms with Crippen LogP contribution in [0.5, 0.6) is 0 Å². The van der Waals surface area contributed by atoms with Gasteiger partial charge in [-0.05, 0) is 24.6 Å². The number of nitrogens with one attached hydrogen (secondary N) is 1. The molecule has 1 amide bonds. The minimum absolute atomic E-state index is 0.0337. The average molecular weight is 381 g/mol. The molecular weight excluding hydrogens is 364 g/mol. The maximum atomic E-state index is 12.0. The van der Waals surface area contributed by atoms with Crippen molar-refractivity contribution in [2.45, 2.75) is 24.7 Å². The quantitative estimate of drug-likeness (QED) is 0.591. The second-order valence-electron chi connectivity index (χ2n) is 4.68. The standard InChI is InChI=1S/C15H17BrN4OS/c1-3-8-20-10-17-19-15(20)22-9-14(21)18-11(2)12-4-6-13(16)7-5-12/h3-7,10-11H,1,8-9H2,2H3,(H,18,21)/t11-/m1/s1. The van der Waals surface area contributed by atoms with Gasteiger partial charge in [0.25, 0.3) is 0 Å². The van der Waals surface area contributed by atoms with Crippen LogP contribution in [0.3, 0.4) is 0 Å². The molecule has 0 bridgehead atoms. The van der Waals surface area contributed by atoms with E-state index in [2.05, 4.69) is 38.0 Å². The van der Waals surface area contributed by atoms with E-state index in [-0.39, 0.29) is 11.9 Å². The molecule has 0 aliphatic heterocycles. The number of rotatable bonds is 7. The molecule has 5 nitrogen and oxygen atoms in total. The Morgan fingerprint density at radius 3 is 2.91 bits per heavy atom. The van der Waals surface area contributed by atoms with Crippen LogP contribution in [0.2, 0.25) is 0 Å². The van der Waals surface area contributed by atoms with Gasteiger partial charge in [0.15, 0.2) is 5.16 Å². The van der Waals surface area contributed by atoms with Crippen molar-refractivity contribution in [2.75, 3.05) is 5.75 Å². The van der Waals surface area contributed by atoms with E-state index in [9.17, 15) is 4.79 Å². The Kier molecular flexibility index (Phi) is 6.21. The molecule has 7 heteroatoms. The van der Waals surface area contributed by atoms with Gasteiger partial charge in [0, 0.05) is 11.0 Å². The molecule has 0 radical (unpaired) electrons. The van der Waals surface area contributed by atoms with Crippen LogP contribution in [0.25, 0.3) is 0 Å². The Bertz CT molecular complexity index is 641. The highest BCUT2D eigenvalue weighted by atomic mass is 79.9. The lowest BCUT2D eigenvalue weighted by molar-refractivity contribution is -0.119. The van der Waals surface area contributed by atoms with Crippen molar-refractivity contribution in [3.05, 3.63) is 53.3 Å². The molecule has 0 unspecified atom stereocenters. The van der Waals surface area contributed by atoms with Gasteiger partial charge in [-0.15, -0.1) is 16.8 Å².